The highest BCUT2D eigenvalue weighted by Crippen LogP contribution is 2.30. The number of rotatable bonds is 2. The lowest BCUT2D eigenvalue weighted by Gasteiger charge is -2.34. The van der Waals surface area contributed by atoms with Crippen molar-refractivity contribution in [3.8, 4) is 0 Å². The second kappa shape index (κ2) is 2.73. The minimum absolute atomic E-state index is 0.509. The van der Waals surface area contributed by atoms with Crippen molar-refractivity contribution in [2.24, 2.45) is 0 Å². The molecule has 0 aromatic carbocycles. The standard InChI is InChI=1S/C9H16N2O/c1-7(2)11-5-8-3-9(11)4-10(8)6-12/h6-9H,3-5H2,1-2H3/t8-,9-/m0/s1. The second-order valence-electron chi connectivity index (χ2n) is 4.14. The van der Waals surface area contributed by atoms with Gasteiger partial charge < -0.3 is 4.90 Å². The molecular weight excluding hydrogens is 152 g/mol. The van der Waals surface area contributed by atoms with Crippen molar-refractivity contribution in [2.45, 2.75) is 38.4 Å². The van der Waals surface area contributed by atoms with Gasteiger partial charge in [-0.2, -0.15) is 0 Å². The molecular formula is C9H16N2O. The molecule has 3 nitrogen and oxygen atoms in total. The van der Waals surface area contributed by atoms with Crippen LogP contribution in [0.15, 0.2) is 0 Å². The molecule has 2 rings (SSSR count). The van der Waals surface area contributed by atoms with E-state index in [1.165, 1.54) is 6.42 Å². The number of amides is 1. The van der Waals surface area contributed by atoms with Crippen molar-refractivity contribution in [3.05, 3.63) is 0 Å². The van der Waals surface area contributed by atoms with Gasteiger partial charge in [-0.15, -0.1) is 0 Å². The van der Waals surface area contributed by atoms with Crippen molar-refractivity contribution in [1.29, 1.82) is 0 Å². The Kier molecular flexibility index (Phi) is 1.83. The summed E-state index contributed by atoms with van der Waals surface area (Å²) < 4.78 is 0. The lowest BCUT2D eigenvalue weighted by atomic mass is 10.2. The van der Waals surface area contributed by atoms with Crippen LogP contribution in [-0.4, -0.2) is 47.4 Å². The number of carbonyl (C=O) groups excluding carboxylic acids is 1. The summed E-state index contributed by atoms with van der Waals surface area (Å²) in [6, 6.07) is 1.78. The fourth-order valence-corrected chi connectivity index (χ4v) is 2.49. The highest BCUT2D eigenvalue weighted by atomic mass is 16.1. The minimum atomic E-state index is 0.509. The van der Waals surface area contributed by atoms with Gasteiger partial charge in [0.05, 0.1) is 0 Å². The van der Waals surface area contributed by atoms with Gasteiger partial charge in [0, 0.05) is 31.2 Å². The third kappa shape index (κ3) is 1.04. The maximum atomic E-state index is 10.6. The van der Waals surface area contributed by atoms with Gasteiger partial charge in [-0.25, -0.2) is 0 Å². The molecule has 0 saturated carbocycles. The van der Waals surface area contributed by atoms with Crippen LogP contribution >= 0.6 is 0 Å². The Morgan fingerprint density at radius 1 is 1.33 bits per heavy atom. The number of carbonyl (C=O) groups is 1. The van der Waals surface area contributed by atoms with Crippen molar-refractivity contribution >= 4 is 6.41 Å². The Morgan fingerprint density at radius 3 is 2.50 bits per heavy atom. The van der Waals surface area contributed by atoms with Crippen LogP contribution in [-0.2, 0) is 4.79 Å². The number of hydrogen-bond donors (Lipinski definition) is 0. The minimum Gasteiger partial charge on any atom is -0.339 e. The van der Waals surface area contributed by atoms with E-state index in [-0.39, 0.29) is 0 Å². The van der Waals surface area contributed by atoms with Crippen LogP contribution in [0.25, 0.3) is 0 Å². The molecule has 1 amide bonds. The van der Waals surface area contributed by atoms with E-state index in [2.05, 4.69) is 18.7 Å². The van der Waals surface area contributed by atoms with Gasteiger partial charge >= 0.3 is 0 Å². The molecule has 0 spiro atoms. The number of likely N-dealkylation sites (tertiary alicyclic amines) is 2. The maximum Gasteiger partial charge on any atom is 0.210 e. The molecule has 12 heavy (non-hydrogen) atoms. The average Bonchev–Trinajstić information content (AvgIpc) is 2.60. The third-order valence-electron chi connectivity index (χ3n) is 3.12. The summed E-state index contributed by atoms with van der Waals surface area (Å²) in [6.07, 6.45) is 2.19. The Bertz CT molecular complexity index is 193. The molecule has 2 bridgehead atoms. The summed E-state index contributed by atoms with van der Waals surface area (Å²) in [6.45, 7) is 6.49. The molecule has 2 fully saturated rings. The van der Waals surface area contributed by atoms with E-state index in [1.807, 2.05) is 4.90 Å². The third-order valence-corrected chi connectivity index (χ3v) is 3.12. The van der Waals surface area contributed by atoms with E-state index in [0.29, 0.717) is 18.1 Å². The Hall–Kier alpha value is -0.570. The molecule has 0 aliphatic carbocycles. The first-order valence-corrected chi connectivity index (χ1v) is 4.69. The lowest BCUT2D eigenvalue weighted by Crippen LogP contribution is -2.48. The van der Waals surface area contributed by atoms with Gasteiger partial charge in [0.2, 0.25) is 6.41 Å². The smallest absolute Gasteiger partial charge is 0.210 e. The predicted octanol–water partition coefficient (Wildman–Crippen LogP) is 0.310. The normalized spacial score (nSPS) is 35.1. The van der Waals surface area contributed by atoms with E-state index in [4.69, 9.17) is 0 Å². The van der Waals surface area contributed by atoms with Gasteiger partial charge in [0.15, 0.2) is 0 Å². The molecule has 0 aromatic rings. The van der Waals surface area contributed by atoms with Gasteiger partial charge in [0.25, 0.3) is 0 Å². The molecule has 68 valence electrons. The fourth-order valence-electron chi connectivity index (χ4n) is 2.49. The van der Waals surface area contributed by atoms with Crippen LogP contribution in [0.3, 0.4) is 0 Å². The number of fused-ring (bicyclic) bond motifs is 2. The van der Waals surface area contributed by atoms with Crippen molar-refractivity contribution in [3.63, 3.8) is 0 Å². The quantitative estimate of drug-likeness (QED) is 0.554. The van der Waals surface area contributed by atoms with Crippen LogP contribution in [0.5, 0.6) is 0 Å². The fraction of sp³-hybridized carbons (Fsp3) is 0.889. The van der Waals surface area contributed by atoms with E-state index in [0.717, 1.165) is 19.5 Å². The molecule has 0 aromatic heterocycles. The van der Waals surface area contributed by atoms with Crippen molar-refractivity contribution in [1.82, 2.24) is 9.80 Å². The first-order chi connectivity index (χ1) is 5.72. The predicted molar refractivity (Wildman–Crippen MR) is 46.8 cm³/mol. The second-order valence-corrected chi connectivity index (χ2v) is 4.14. The monoisotopic (exact) mass is 168 g/mol. The number of hydrogen-bond acceptors (Lipinski definition) is 2. The van der Waals surface area contributed by atoms with Crippen LogP contribution in [0.1, 0.15) is 20.3 Å². The largest absolute Gasteiger partial charge is 0.339 e. The molecule has 0 unspecified atom stereocenters. The molecule has 2 aliphatic heterocycles. The topological polar surface area (TPSA) is 23.6 Å². The van der Waals surface area contributed by atoms with Crippen molar-refractivity contribution < 1.29 is 4.79 Å². The molecule has 2 saturated heterocycles. The molecule has 0 N–H and O–H groups in total. The average molecular weight is 168 g/mol. The summed E-state index contributed by atoms with van der Waals surface area (Å²) >= 11 is 0. The Morgan fingerprint density at radius 2 is 2.08 bits per heavy atom. The first kappa shape index (κ1) is 8.05. The summed E-state index contributed by atoms with van der Waals surface area (Å²) in [5.41, 5.74) is 0. The van der Waals surface area contributed by atoms with Crippen LogP contribution in [0.2, 0.25) is 0 Å². The van der Waals surface area contributed by atoms with E-state index in [1.54, 1.807) is 0 Å². The number of piperazine rings is 1. The maximum absolute atomic E-state index is 10.6. The summed E-state index contributed by atoms with van der Waals surface area (Å²) in [4.78, 5) is 15.0. The molecule has 0 radical (unpaired) electrons. The van der Waals surface area contributed by atoms with Gasteiger partial charge in [0.1, 0.15) is 0 Å². The van der Waals surface area contributed by atoms with E-state index in [9.17, 15) is 4.79 Å². The van der Waals surface area contributed by atoms with Crippen LogP contribution < -0.4 is 0 Å². The lowest BCUT2D eigenvalue weighted by molar-refractivity contribution is -0.120. The Balaban J connectivity index is 2.02. The van der Waals surface area contributed by atoms with Crippen molar-refractivity contribution in [2.75, 3.05) is 13.1 Å². The van der Waals surface area contributed by atoms with Gasteiger partial charge in [-0.1, -0.05) is 0 Å². The van der Waals surface area contributed by atoms with E-state index < -0.39 is 0 Å². The Labute approximate surface area is 73.3 Å². The summed E-state index contributed by atoms with van der Waals surface area (Å²) in [5.74, 6) is 0. The molecule has 3 heteroatoms. The number of nitrogens with zero attached hydrogens (tertiary/aromatic N) is 2. The summed E-state index contributed by atoms with van der Waals surface area (Å²) in [7, 11) is 0. The van der Waals surface area contributed by atoms with Gasteiger partial charge in [-0.3, -0.25) is 9.69 Å². The summed E-state index contributed by atoms with van der Waals surface area (Å²) in [5, 5.41) is 0. The zero-order valence-corrected chi connectivity index (χ0v) is 7.73. The SMILES string of the molecule is CC(C)N1C[C@@H]2C[C@H]1CN2C=O. The molecule has 2 heterocycles. The highest BCUT2D eigenvalue weighted by molar-refractivity contribution is 5.49. The zero-order chi connectivity index (χ0) is 8.72. The van der Waals surface area contributed by atoms with Crippen LogP contribution in [0.4, 0.5) is 0 Å². The zero-order valence-electron chi connectivity index (χ0n) is 7.73. The molecule has 2 aliphatic rings. The van der Waals surface area contributed by atoms with Gasteiger partial charge in [-0.05, 0) is 20.3 Å². The van der Waals surface area contributed by atoms with Crippen LogP contribution in [0, 0.1) is 0 Å². The molecule has 2 atom stereocenters. The van der Waals surface area contributed by atoms with E-state index >= 15 is 0 Å². The first-order valence-electron chi connectivity index (χ1n) is 4.69. The highest BCUT2D eigenvalue weighted by Gasteiger charge is 2.43.